The summed E-state index contributed by atoms with van der Waals surface area (Å²) in [6.07, 6.45) is 3.86. The highest BCUT2D eigenvalue weighted by Crippen LogP contribution is 2.30. The molecule has 0 spiro atoms. The molecule has 4 heteroatoms. The van der Waals surface area contributed by atoms with Gasteiger partial charge in [0.2, 0.25) is 0 Å². The summed E-state index contributed by atoms with van der Waals surface area (Å²) >= 11 is 1.01. The monoisotopic (exact) mass is 292 g/mol. The number of ether oxygens (including phenoxy) is 1. The minimum absolute atomic E-state index is 0.0257. The SMILES string of the molecule is CC=C[C@@](C)(SC(=O)CC)C(=O)OCc1ccccc1. The van der Waals surface area contributed by atoms with Gasteiger partial charge in [0, 0.05) is 6.42 Å². The maximum absolute atomic E-state index is 12.2. The Morgan fingerprint density at radius 3 is 2.50 bits per heavy atom. The average Bonchev–Trinajstić information content (AvgIpc) is 2.45. The van der Waals surface area contributed by atoms with Gasteiger partial charge in [-0.05, 0) is 19.4 Å². The van der Waals surface area contributed by atoms with E-state index in [2.05, 4.69) is 0 Å². The number of hydrogen-bond acceptors (Lipinski definition) is 4. The van der Waals surface area contributed by atoms with Crippen LogP contribution in [0.5, 0.6) is 0 Å². The lowest BCUT2D eigenvalue weighted by Gasteiger charge is -2.22. The van der Waals surface area contributed by atoms with Gasteiger partial charge >= 0.3 is 5.97 Å². The van der Waals surface area contributed by atoms with Gasteiger partial charge in [0.15, 0.2) is 5.12 Å². The second kappa shape index (κ2) is 7.90. The van der Waals surface area contributed by atoms with Gasteiger partial charge < -0.3 is 4.74 Å². The third kappa shape index (κ3) is 4.85. The molecule has 20 heavy (non-hydrogen) atoms. The fraction of sp³-hybridized carbons (Fsp3) is 0.375. The minimum Gasteiger partial charge on any atom is -0.460 e. The zero-order valence-electron chi connectivity index (χ0n) is 12.1. The summed E-state index contributed by atoms with van der Waals surface area (Å²) in [5.74, 6) is -0.397. The third-order valence-corrected chi connectivity index (χ3v) is 3.96. The zero-order chi connectivity index (χ0) is 15.0. The number of esters is 1. The Hall–Kier alpha value is -1.55. The lowest BCUT2D eigenvalue weighted by atomic mass is 10.1. The molecule has 0 saturated carbocycles. The Balaban J connectivity index is 2.71. The van der Waals surface area contributed by atoms with Crippen molar-refractivity contribution in [3.8, 4) is 0 Å². The van der Waals surface area contributed by atoms with Crippen LogP contribution in [0.1, 0.15) is 32.8 Å². The smallest absolute Gasteiger partial charge is 0.326 e. The fourth-order valence-electron chi connectivity index (χ4n) is 1.64. The molecular formula is C16H20O3S. The molecule has 3 nitrogen and oxygen atoms in total. The van der Waals surface area contributed by atoms with Crippen LogP contribution < -0.4 is 0 Å². The van der Waals surface area contributed by atoms with Crippen molar-refractivity contribution < 1.29 is 14.3 Å². The van der Waals surface area contributed by atoms with Crippen molar-refractivity contribution in [2.24, 2.45) is 0 Å². The van der Waals surface area contributed by atoms with E-state index in [0.717, 1.165) is 17.3 Å². The van der Waals surface area contributed by atoms with Crippen LogP contribution in [0.2, 0.25) is 0 Å². The van der Waals surface area contributed by atoms with Gasteiger partial charge in [0.25, 0.3) is 0 Å². The van der Waals surface area contributed by atoms with E-state index >= 15 is 0 Å². The van der Waals surface area contributed by atoms with Gasteiger partial charge in [-0.3, -0.25) is 9.59 Å². The Labute approximate surface area is 124 Å². The van der Waals surface area contributed by atoms with Crippen LogP contribution in [-0.2, 0) is 20.9 Å². The van der Waals surface area contributed by atoms with Crippen molar-refractivity contribution in [2.75, 3.05) is 0 Å². The molecule has 0 aromatic heterocycles. The van der Waals surface area contributed by atoms with Gasteiger partial charge in [0.1, 0.15) is 11.4 Å². The van der Waals surface area contributed by atoms with E-state index in [1.165, 1.54) is 0 Å². The van der Waals surface area contributed by atoms with E-state index in [9.17, 15) is 9.59 Å². The maximum atomic E-state index is 12.2. The highest BCUT2D eigenvalue weighted by molar-refractivity contribution is 8.15. The van der Waals surface area contributed by atoms with Crippen LogP contribution in [0, 0.1) is 0 Å². The normalized spacial score (nSPS) is 13.9. The first-order valence-corrected chi connectivity index (χ1v) is 7.40. The van der Waals surface area contributed by atoms with Gasteiger partial charge in [-0.25, -0.2) is 0 Å². The van der Waals surface area contributed by atoms with Gasteiger partial charge in [-0.1, -0.05) is 61.2 Å². The van der Waals surface area contributed by atoms with Crippen molar-refractivity contribution in [1.29, 1.82) is 0 Å². The van der Waals surface area contributed by atoms with Crippen LogP contribution in [0.3, 0.4) is 0 Å². The van der Waals surface area contributed by atoms with Crippen LogP contribution in [0.15, 0.2) is 42.5 Å². The highest BCUT2D eigenvalue weighted by atomic mass is 32.2. The summed E-state index contributed by atoms with van der Waals surface area (Å²) < 4.78 is 4.37. The first-order valence-electron chi connectivity index (χ1n) is 6.58. The average molecular weight is 292 g/mol. The van der Waals surface area contributed by atoms with E-state index in [4.69, 9.17) is 4.74 Å². The van der Waals surface area contributed by atoms with Crippen molar-refractivity contribution in [3.63, 3.8) is 0 Å². The molecule has 1 atom stereocenters. The molecule has 0 saturated heterocycles. The van der Waals surface area contributed by atoms with Crippen molar-refractivity contribution in [3.05, 3.63) is 48.0 Å². The molecule has 108 valence electrons. The number of carbonyl (C=O) groups is 2. The van der Waals surface area contributed by atoms with Gasteiger partial charge in [-0.2, -0.15) is 0 Å². The number of thioether (sulfide) groups is 1. The first kappa shape index (κ1) is 16.5. The Morgan fingerprint density at radius 2 is 1.95 bits per heavy atom. The Kier molecular flexibility index (Phi) is 6.52. The fourth-order valence-corrected chi connectivity index (χ4v) is 2.60. The quantitative estimate of drug-likeness (QED) is 0.592. The predicted octanol–water partition coefficient (Wildman–Crippen LogP) is 3.73. The summed E-state index contributed by atoms with van der Waals surface area (Å²) in [4.78, 5) is 23.8. The molecule has 0 aliphatic heterocycles. The molecule has 0 fully saturated rings. The largest absolute Gasteiger partial charge is 0.460 e. The second-order valence-corrected chi connectivity index (χ2v) is 6.00. The number of benzene rings is 1. The molecule has 0 unspecified atom stereocenters. The van der Waals surface area contributed by atoms with Gasteiger partial charge in [-0.15, -0.1) is 0 Å². The molecule has 0 amide bonds. The molecule has 1 aromatic carbocycles. The van der Waals surface area contributed by atoms with E-state index < -0.39 is 10.7 Å². The summed E-state index contributed by atoms with van der Waals surface area (Å²) in [6, 6.07) is 9.48. The first-order chi connectivity index (χ1) is 9.51. The summed E-state index contributed by atoms with van der Waals surface area (Å²) in [5.41, 5.74) is 0.926. The Bertz CT molecular complexity index is 482. The Morgan fingerprint density at radius 1 is 1.30 bits per heavy atom. The molecular weight excluding hydrogens is 272 g/mol. The van der Waals surface area contributed by atoms with Crippen LogP contribution in [-0.4, -0.2) is 15.8 Å². The molecule has 0 aliphatic carbocycles. The van der Waals surface area contributed by atoms with E-state index in [-0.39, 0.29) is 11.7 Å². The standard InChI is InChI=1S/C16H20O3S/c1-4-11-16(3,20-14(17)5-2)15(18)19-12-13-9-7-6-8-10-13/h4,6-11H,5,12H2,1-3H3/t16-/m1/s1. The lowest BCUT2D eigenvalue weighted by molar-refractivity contribution is -0.146. The number of rotatable bonds is 6. The van der Waals surface area contributed by atoms with E-state index in [0.29, 0.717) is 6.42 Å². The zero-order valence-corrected chi connectivity index (χ0v) is 12.9. The highest BCUT2D eigenvalue weighted by Gasteiger charge is 2.35. The van der Waals surface area contributed by atoms with Crippen LogP contribution in [0.25, 0.3) is 0 Å². The molecule has 0 aliphatic rings. The summed E-state index contributed by atoms with van der Waals surface area (Å²) in [6.45, 7) is 5.52. The lowest BCUT2D eigenvalue weighted by Crippen LogP contribution is -2.32. The second-order valence-electron chi connectivity index (χ2n) is 4.50. The number of carbonyl (C=O) groups excluding carboxylic acids is 2. The topological polar surface area (TPSA) is 43.4 Å². The molecule has 0 N–H and O–H groups in total. The maximum Gasteiger partial charge on any atom is 0.326 e. The van der Waals surface area contributed by atoms with Crippen LogP contribution in [0.4, 0.5) is 0 Å². The molecule has 0 heterocycles. The summed E-state index contributed by atoms with van der Waals surface area (Å²) in [5, 5.41) is -0.0257. The number of hydrogen-bond donors (Lipinski definition) is 0. The molecule has 1 rings (SSSR count). The predicted molar refractivity (Wildman–Crippen MR) is 82.3 cm³/mol. The summed E-state index contributed by atoms with van der Waals surface area (Å²) in [7, 11) is 0. The van der Waals surface area contributed by atoms with E-state index in [1.807, 2.05) is 37.3 Å². The molecule has 0 radical (unpaired) electrons. The van der Waals surface area contributed by atoms with Crippen molar-refractivity contribution in [2.45, 2.75) is 38.5 Å². The minimum atomic E-state index is -0.962. The van der Waals surface area contributed by atoms with Gasteiger partial charge in [0.05, 0.1) is 0 Å². The molecule has 1 aromatic rings. The van der Waals surface area contributed by atoms with E-state index in [1.54, 1.807) is 26.0 Å². The van der Waals surface area contributed by atoms with Crippen molar-refractivity contribution in [1.82, 2.24) is 0 Å². The third-order valence-electron chi connectivity index (χ3n) is 2.72. The number of allylic oxidation sites excluding steroid dienone is 1. The van der Waals surface area contributed by atoms with Crippen LogP contribution >= 0.6 is 11.8 Å². The van der Waals surface area contributed by atoms with Crippen molar-refractivity contribution >= 4 is 22.8 Å². The molecule has 0 bridgehead atoms.